The lowest BCUT2D eigenvalue weighted by Crippen LogP contribution is -2.17. The van der Waals surface area contributed by atoms with Crippen LogP contribution in [0.3, 0.4) is 0 Å². The first-order chi connectivity index (χ1) is 9.72. The zero-order chi connectivity index (χ0) is 15.7. The van der Waals surface area contributed by atoms with E-state index < -0.39 is 27.5 Å². The monoisotopic (exact) mass is 335 g/mol. The van der Waals surface area contributed by atoms with E-state index >= 15 is 0 Å². The van der Waals surface area contributed by atoms with Crippen molar-refractivity contribution in [3.8, 4) is 0 Å². The Kier molecular flexibility index (Phi) is 4.15. The number of anilines is 1. The minimum absolute atomic E-state index is 0.155. The van der Waals surface area contributed by atoms with Crippen molar-refractivity contribution in [3.63, 3.8) is 0 Å². The van der Waals surface area contributed by atoms with Crippen LogP contribution in [0, 0.1) is 0 Å². The van der Waals surface area contributed by atoms with Gasteiger partial charge in [0.05, 0.1) is 21.2 Å². The average Bonchev–Trinajstić information content (AvgIpc) is 2.40. The lowest BCUT2D eigenvalue weighted by Gasteiger charge is -2.16. The van der Waals surface area contributed by atoms with Gasteiger partial charge in [-0.05, 0) is 24.3 Å². The van der Waals surface area contributed by atoms with Crippen LogP contribution in [0.15, 0.2) is 53.4 Å². The van der Waals surface area contributed by atoms with E-state index in [1.807, 2.05) is 4.72 Å². The molecular weight excluding hydrogens is 327 g/mol. The normalized spacial score (nSPS) is 12.2. The molecule has 2 rings (SSSR count). The van der Waals surface area contributed by atoms with Crippen LogP contribution in [0.5, 0.6) is 0 Å². The molecule has 0 aliphatic heterocycles. The van der Waals surface area contributed by atoms with Crippen LogP contribution < -0.4 is 4.72 Å². The predicted octanol–water partition coefficient (Wildman–Crippen LogP) is 4.16. The van der Waals surface area contributed by atoms with Crippen molar-refractivity contribution in [3.05, 3.63) is 59.1 Å². The molecule has 2 aromatic rings. The molecule has 3 nitrogen and oxygen atoms in total. The van der Waals surface area contributed by atoms with Crippen LogP contribution in [0.1, 0.15) is 5.56 Å². The molecule has 0 unspecified atom stereocenters. The summed E-state index contributed by atoms with van der Waals surface area (Å²) in [6, 6.07) is 10.1. The summed E-state index contributed by atoms with van der Waals surface area (Å²) in [5.41, 5.74) is -1.83. The molecule has 0 saturated carbocycles. The molecule has 8 heteroatoms. The highest BCUT2D eigenvalue weighted by molar-refractivity contribution is 7.92. The molecule has 0 atom stereocenters. The Morgan fingerprint density at radius 3 is 2.14 bits per heavy atom. The maximum absolute atomic E-state index is 12.9. The topological polar surface area (TPSA) is 46.2 Å². The summed E-state index contributed by atoms with van der Waals surface area (Å²) < 4.78 is 64.8. The Labute approximate surface area is 124 Å². The van der Waals surface area contributed by atoms with Gasteiger partial charge in [-0.1, -0.05) is 35.9 Å². The Morgan fingerprint density at radius 1 is 0.952 bits per heavy atom. The van der Waals surface area contributed by atoms with Crippen molar-refractivity contribution >= 4 is 27.3 Å². The van der Waals surface area contributed by atoms with E-state index in [4.69, 9.17) is 11.6 Å². The number of halogens is 4. The van der Waals surface area contributed by atoms with E-state index in [1.54, 1.807) is 6.07 Å². The van der Waals surface area contributed by atoms with Crippen molar-refractivity contribution in [2.75, 3.05) is 4.72 Å². The summed E-state index contributed by atoms with van der Waals surface area (Å²) in [6.07, 6.45) is -4.72. The van der Waals surface area contributed by atoms with Gasteiger partial charge in [0.2, 0.25) is 0 Å². The van der Waals surface area contributed by atoms with Gasteiger partial charge in [-0.25, -0.2) is 8.42 Å². The second kappa shape index (κ2) is 5.57. The molecule has 0 aliphatic rings. The minimum Gasteiger partial charge on any atom is -0.277 e. The summed E-state index contributed by atoms with van der Waals surface area (Å²) in [5.74, 6) is 0. The first-order valence-electron chi connectivity index (χ1n) is 5.65. The van der Waals surface area contributed by atoms with Crippen molar-refractivity contribution in [2.24, 2.45) is 0 Å². The maximum atomic E-state index is 12.9. The standard InChI is InChI=1S/C13H9ClF3NO2S/c14-11-8-4-7-10(13(15,16)17)12(11)18-21(19,20)9-5-2-1-3-6-9/h1-8,18H. The Morgan fingerprint density at radius 2 is 1.57 bits per heavy atom. The molecule has 0 radical (unpaired) electrons. The molecule has 0 aromatic heterocycles. The van der Waals surface area contributed by atoms with Crippen LogP contribution in [-0.4, -0.2) is 8.42 Å². The number of para-hydroxylation sites is 1. The zero-order valence-corrected chi connectivity index (χ0v) is 11.9. The Bertz CT molecular complexity index is 746. The number of nitrogens with one attached hydrogen (secondary N) is 1. The number of alkyl halides is 3. The predicted molar refractivity (Wildman–Crippen MR) is 73.7 cm³/mol. The van der Waals surface area contributed by atoms with Crippen LogP contribution in [-0.2, 0) is 16.2 Å². The number of sulfonamides is 1. The van der Waals surface area contributed by atoms with Gasteiger partial charge in [0.15, 0.2) is 0 Å². The second-order valence-corrected chi connectivity index (χ2v) is 6.17. The fourth-order valence-electron chi connectivity index (χ4n) is 1.66. The minimum atomic E-state index is -4.72. The van der Waals surface area contributed by atoms with Crippen LogP contribution in [0.4, 0.5) is 18.9 Å². The zero-order valence-electron chi connectivity index (χ0n) is 10.4. The van der Waals surface area contributed by atoms with Crippen LogP contribution in [0.25, 0.3) is 0 Å². The summed E-state index contributed by atoms with van der Waals surface area (Å²) in [4.78, 5) is -0.155. The molecule has 0 aliphatic carbocycles. The number of benzene rings is 2. The molecule has 2 aromatic carbocycles. The number of hydrogen-bond acceptors (Lipinski definition) is 2. The van der Waals surface area contributed by atoms with E-state index in [-0.39, 0.29) is 9.92 Å². The lowest BCUT2D eigenvalue weighted by atomic mass is 10.2. The third-order valence-electron chi connectivity index (χ3n) is 2.61. The van der Waals surface area contributed by atoms with Crippen molar-refractivity contribution in [1.82, 2.24) is 0 Å². The van der Waals surface area contributed by atoms with Gasteiger partial charge in [0, 0.05) is 0 Å². The third kappa shape index (κ3) is 3.48. The van der Waals surface area contributed by atoms with Gasteiger partial charge in [0.1, 0.15) is 0 Å². The van der Waals surface area contributed by atoms with Gasteiger partial charge in [-0.2, -0.15) is 13.2 Å². The average molecular weight is 336 g/mol. The highest BCUT2D eigenvalue weighted by Gasteiger charge is 2.35. The van der Waals surface area contributed by atoms with Gasteiger partial charge in [0.25, 0.3) is 10.0 Å². The van der Waals surface area contributed by atoms with Crippen LogP contribution in [0.2, 0.25) is 5.02 Å². The highest BCUT2D eigenvalue weighted by atomic mass is 35.5. The van der Waals surface area contributed by atoms with Gasteiger partial charge in [-0.3, -0.25) is 4.72 Å². The molecule has 0 heterocycles. The van der Waals surface area contributed by atoms with Crippen molar-refractivity contribution in [1.29, 1.82) is 0 Å². The van der Waals surface area contributed by atoms with Gasteiger partial charge < -0.3 is 0 Å². The van der Waals surface area contributed by atoms with Crippen LogP contribution >= 0.6 is 11.6 Å². The van der Waals surface area contributed by atoms with Gasteiger partial charge >= 0.3 is 6.18 Å². The largest absolute Gasteiger partial charge is 0.418 e. The van der Waals surface area contributed by atoms with Gasteiger partial charge in [-0.15, -0.1) is 0 Å². The smallest absolute Gasteiger partial charge is 0.277 e. The second-order valence-electron chi connectivity index (χ2n) is 4.08. The fourth-order valence-corrected chi connectivity index (χ4v) is 3.06. The SMILES string of the molecule is O=S(=O)(Nc1c(Cl)cccc1C(F)(F)F)c1ccccc1. The quantitative estimate of drug-likeness (QED) is 0.915. The summed E-state index contributed by atoms with van der Waals surface area (Å²) >= 11 is 5.70. The van der Waals surface area contributed by atoms with E-state index in [0.717, 1.165) is 12.1 Å². The highest BCUT2D eigenvalue weighted by Crippen LogP contribution is 2.39. The lowest BCUT2D eigenvalue weighted by molar-refractivity contribution is -0.136. The first kappa shape index (κ1) is 15.7. The van der Waals surface area contributed by atoms with E-state index in [9.17, 15) is 21.6 Å². The molecule has 21 heavy (non-hydrogen) atoms. The Hall–Kier alpha value is -1.73. The van der Waals surface area contributed by atoms with E-state index in [1.165, 1.54) is 30.3 Å². The van der Waals surface area contributed by atoms with E-state index in [0.29, 0.717) is 0 Å². The molecule has 0 amide bonds. The summed E-state index contributed by atoms with van der Waals surface area (Å²) in [5, 5.41) is -0.329. The molecule has 0 saturated heterocycles. The number of rotatable bonds is 3. The molecule has 0 spiro atoms. The molecule has 0 fully saturated rings. The molecule has 1 N–H and O–H groups in total. The maximum Gasteiger partial charge on any atom is 0.418 e. The fraction of sp³-hybridized carbons (Fsp3) is 0.0769. The third-order valence-corrected chi connectivity index (χ3v) is 4.29. The summed E-state index contributed by atoms with van der Waals surface area (Å²) in [6.45, 7) is 0. The van der Waals surface area contributed by atoms with E-state index in [2.05, 4.69) is 0 Å². The first-order valence-corrected chi connectivity index (χ1v) is 7.51. The molecule has 0 bridgehead atoms. The number of hydrogen-bond donors (Lipinski definition) is 1. The Balaban J connectivity index is 2.50. The van der Waals surface area contributed by atoms with Crippen molar-refractivity contribution in [2.45, 2.75) is 11.1 Å². The molecular formula is C13H9ClF3NO2S. The van der Waals surface area contributed by atoms with Crippen molar-refractivity contribution < 1.29 is 21.6 Å². The molecule has 112 valence electrons. The summed E-state index contributed by atoms with van der Waals surface area (Å²) in [7, 11) is -4.15.